The van der Waals surface area contributed by atoms with Gasteiger partial charge in [-0.15, -0.1) is 11.8 Å². The average molecular weight is 193 g/mol. The molecule has 0 aliphatic carbocycles. The highest BCUT2D eigenvalue weighted by Crippen LogP contribution is 2.19. The van der Waals surface area contributed by atoms with Crippen LogP contribution in [0.1, 0.15) is 11.1 Å². The van der Waals surface area contributed by atoms with Crippen LogP contribution in [0.2, 0.25) is 0 Å². The van der Waals surface area contributed by atoms with E-state index in [4.69, 9.17) is 5.73 Å². The lowest BCUT2D eigenvalue weighted by atomic mass is 10.1. The first-order valence-corrected chi connectivity index (χ1v) is 5.51. The summed E-state index contributed by atoms with van der Waals surface area (Å²) >= 11 is 1.77. The largest absolute Gasteiger partial charge is 0.327 e. The van der Waals surface area contributed by atoms with Gasteiger partial charge in [0.25, 0.3) is 0 Å². The second-order valence-corrected chi connectivity index (χ2v) is 3.74. The number of hydrogen-bond acceptors (Lipinski definition) is 2. The summed E-state index contributed by atoms with van der Waals surface area (Å²) in [6, 6.07) is 6.46. The molecule has 1 aromatic carbocycles. The van der Waals surface area contributed by atoms with Crippen molar-refractivity contribution in [3.8, 4) is 0 Å². The van der Waals surface area contributed by atoms with Gasteiger partial charge in [-0.25, -0.2) is 0 Å². The maximum Gasteiger partial charge on any atom is 0.0110 e. The molecule has 13 heavy (non-hydrogen) atoms. The highest BCUT2D eigenvalue weighted by molar-refractivity contribution is 7.98. The van der Waals surface area contributed by atoms with Gasteiger partial charge in [0.1, 0.15) is 0 Å². The predicted molar refractivity (Wildman–Crippen MR) is 61.0 cm³/mol. The summed E-state index contributed by atoms with van der Waals surface area (Å²) in [5, 5.41) is 0. The molecule has 0 unspecified atom stereocenters. The molecule has 1 nitrogen and oxygen atoms in total. The Morgan fingerprint density at radius 2 is 2.23 bits per heavy atom. The van der Waals surface area contributed by atoms with Crippen molar-refractivity contribution in [1.29, 1.82) is 0 Å². The van der Waals surface area contributed by atoms with Gasteiger partial charge in [-0.3, -0.25) is 0 Å². The molecule has 0 amide bonds. The van der Waals surface area contributed by atoms with Gasteiger partial charge in [-0.2, -0.15) is 0 Å². The lowest BCUT2D eigenvalue weighted by molar-refractivity contribution is 1.26. The summed E-state index contributed by atoms with van der Waals surface area (Å²) in [7, 11) is 0. The smallest absolute Gasteiger partial charge is 0.0110 e. The predicted octanol–water partition coefficient (Wildman–Crippen LogP) is 2.69. The molecule has 0 saturated heterocycles. The third-order valence-electron chi connectivity index (χ3n) is 1.91. The molecule has 0 heterocycles. The van der Waals surface area contributed by atoms with Gasteiger partial charge < -0.3 is 5.73 Å². The summed E-state index contributed by atoms with van der Waals surface area (Å²) in [5.41, 5.74) is 7.95. The average Bonchev–Trinajstić information content (AvgIpc) is 2.16. The van der Waals surface area contributed by atoms with Gasteiger partial charge in [-0.1, -0.05) is 18.2 Å². The summed E-state index contributed by atoms with van der Waals surface area (Å²) in [6.07, 6.45) is 6.13. The van der Waals surface area contributed by atoms with Gasteiger partial charge in [0.2, 0.25) is 0 Å². The minimum absolute atomic E-state index is 0.601. The number of thioether (sulfide) groups is 1. The van der Waals surface area contributed by atoms with Crippen LogP contribution in [-0.2, 0) is 0 Å². The molecule has 0 radical (unpaired) electrons. The highest BCUT2D eigenvalue weighted by Gasteiger charge is 1.95. The van der Waals surface area contributed by atoms with Crippen LogP contribution in [0.25, 0.3) is 6.08 Å². The molecule has 0 spiro atoms. The van der Waals surface area contributed by atoms with Crippen molar-refractivity contribution in [2.75, 3.05) is 12.8 Å². The maximum atomic E-state index is 5.39. The Hall–Kier alpha value is -0.730. The highest BCUT2D eigenvalue weighted by atomic mass is 32.2. The van der Waals surface area contributed by atoms with Crippen molar-refractivity contribution in [2.24, 2.45) is 5.73 Å². The van der Waals surface area contributed by atoms with Crippen molar-refractivity contribution in [3.63, 3.8) is 0 Å². The Morgan fingerprint density at radius 3 is 2.77 bits per heavy atom. The Balaban J connectivity index is 2.91. The quantitative estimate of drug-likeness (QED) is 0.747. The van der Waals surface area contributed by atoms with E-state index in [-0.39, 0.29) is 0 Å². The lowest BCUT2D eigenvalue weighted by Gasteiger charge is -2.02. The third kappa shape index (κ3) is 2.90. The molecule has 70 valence electrons. The number of aryl methyl sites for hydroxylation is 1. The fourth-order valence-corrected chi connectivity index (χ4v) is 1.66. The first kappa shape index (κ1) is 10.4. The summed E-state index contributed by atoms with van der Waals surface area (Å²) in [4.78, 5) is 1.31. The van der Waals surface area contributed by atoms with Gasteiger partial charge in [0.15, 0.2) is 0 Å². The summed E-state index contributed by atoms with van der Waals surface area (Å²) in [6.45, 7) is 2.72. The Kier molecular flexibility index (Phi) is 4.06. The lowest BCUT2D eigenvalue weighted by Crippen LogP contribution is -1.92. The fraction of sp³-hybridized carbons (Fsp3) is 0.273. The molecule has 1 aromatic rings. The molecule has 1 rings (SSSR count). The Morgan fingerprint density at radius 1 is 1.46 bits per heavy atom. The van der Waals surface area contributed by atoms with E-state index in [0.29, 0.717) is 6.54 Å². The maximum absolute atomic E-state index is 5.39. The van der Waals surface area contributed by atoms with E-state index in [0.717, 1.165) is 0 Å². The van der Waals surface area contributed by atoms with E-state index in [1.165, 1.54) is 16.0 Å². The molecule has 2 heteroatoms. The van der Waals surface area contributed by atoms with Crippen molar-refractivity contribution < 1.29 is 0 Å². The normalized spacial score (nSPS) is 11.0. The van der Waals surface area contributed by atoms with Crippen LogP contribution in [0.4, 0.5) is 0 Å². The van der Waals surface area contributed by atoms with Crippen molar-refractivity contribution >= 4 is 17.8 Å². The van der Waals surface area contributed by atoms with E-state index in [1.807, 2.05) is 6.08 Å². The van der Waals surface area contributed by atoms with Crippen LogP contribution in [0, 0.1) is 6.92 Å². The standard InChI is InChI=1S/C11H15NS/c1-9-8-11(13-2)6-5-10(9)4-3-7-12/h3-6,8H,7,12H2,1-2H3/b4-3+. The minimum atomic E-state index is 0.601. The van der Waals surface area contributed by atoms with Gasteiger partial charge >= 0.3 is 0 Å². The van der Waals surface area contributed by atoms with Crippen molar-refractivity contribution in [2.45, 2.75) is 11.8 Å². The van der Waals surface area contributed by atoms with Crippen LogP contribution < -0.4 is 5.73 Å². The molecule has 0 fully saturated rings. The zero-order valence-corrected chi connectivity index (χ0v) is 8.90. The SMILES string of the molecule is CSc1ccc(/C=C/CN)c(C)c1. The zero-order valence-electron chi connectivity index (χ0n) is 8.08. The molecule has 0 bridgehead atoms. The minimum Gasteiger partial charge on any atom is -0.327 e. The molecule has 0 atom stereocenters. The first-order valence-electron chi connectivity index (χ1n) is 4.29. The Bertz CT molecular complexity index is 305. The molecule has 0 aliphatic rings. The van der Waals surface area contributed by atoms with E-state index in [1.54, 1.807) is 11.8 Å². The number of hydrogen-bond donors (Lipinski definition) is 1. The van der Waals surface area contributed by atoms with Gasteiger partial charge in [0, 0.05) is 11.4 Å². The number of nitrogens with two attached hydrogens (primary N) is 1. The molecule has 2 N–H and O–H groups in total. The van der Waals surface area contributed by atoms with E-state index in [9.17, 15) is 0 Å². The van der Waals surface area contributed by atoms with E-state index < -0.39 is 0 Å². The Labute approximate surface area is 84.0 Å². The molecule has 0 saturated carbocycles. The van der Waals surface area contributed by atoms with Crippen LogP contribution in [0.3, 0.4) is 0 Å². The van der Waals surface area contributed by atoms with E-state index >= 15 is 0 Å². The third-order valence-corrected chi connectivity index (χ3v) is 2.64. The van der Waals surface area contributed by atoms with Crippen LogP contribution in [0.5, 0.6) is 0 Å². The van der Waals surface area contributed by atoms with Crippen molar-refractivity contribution in [3.05, 3.63) is 35.4 Å². The van der Waals surface area contributed by atoms with Crippen molar-refractivity contribution in [1.82, 2.24) is 0 Å². The van der Waals surface area contributed by atoms with Crippen LogP contribution in [0.15, 0.2) is 29.2 Å². The second-order valence-electron chi connectivity index (χ2n) is 2.86. The monoisotopic (exact) mass is 193 g/mol. The molecule has 0 aromatic heterocycles. The molecular formula is C11H15NS. The number of rotatable bonds is 3. The molecule has 0 aliphatic heterocycles. The summed E-state index contributed by atoms with van der Waals surface area (Å²) in [5.74, 6) is 0. The van der Waals surface area contributed by atoms with Crippen LogP contribution >= 0.6 is 11.8 Å². The second kappa shape index (κ2) is 5.10. The fourth-order valence-electron chi connectivity index (χ4n) is 1.16. The summed E-state index contributed by atoms with van der Waals surface area (Å²) < 4.78 is 0. The van der Waals surface area contributed by atoms with Crippen LogP contribution in [-0.4, -0.2) is 12.8 Å². The first-order chi connectivity index (χ1) is 6.27. The van der Waals surface area contributed by atoms with Gasteiger partial charge in [-0.05, 0) is 36.4 Å². The topological polar surface area (TPSA) is 26.0 Å². The van der Waals surface area contributed by atoms with E-state index in [2.05, 4.69) is 37.5 Å². The van der Waals surface area contributed by atoms with Gasteiger partial charge in [0.05, 0.1) is 0 Å². The molecular weight excluding hydrogens is 178 g/mol. The number of benzene rings is 1. The zero-order chi connectivity index (χ0) is 9.68.